The highest BCUT2D eigenvalue weighted by molar-refractivity contribution is 6.30. The maximum absolute atomic E-state index is 6.18. The Hall–Kier alpha value is -3.41. The molecule has 0 radical (unpaired) electrons. The maximum atomic E-state index is 6.18. The molecule has 4 heterocycles. The van der Waals surface area contributed by atoms with Crippen molar-refractivity contribution >= 4 is 34.1 Å². The van der Waals surface area contributed by atoms with Gasteiger partial charge in [-0.25, -0.2) is 9.97 Å². The van der Waals surface area contributed by atoms with Gasteiger partial charge in [-0.2, -0.15) is 0 Å². The van der Waals surface area contributed by atoms with Gasteiger partial charge in [-0.3, -0.25) is 9.30 Å². The number of hydrogen-bond acceptors (Lipinski definition) is 4. The van der Waals surface area contributed by atoms with Crippen LogP contribution >= 0.6 is 11.6 Å². The molecule has 1 saturated heterocycles. The predicted molar refractivity (Wildman–Crippen MR) is 134 cm³/mol. The summed E-state index contributed by atoms with van der Waals surface area (Å²) in [6.45, 7) is 3.72. The average molecular weight is 454 g/mol. The lowest BCUT2D eigenvalue weighted by atomic mass is 9.96. The highest BCUT2D eigenvalue weighted by atomic mass is 35.5. The topological polar surface area (TPSA) is 36.7 Å². The van der Waals surface area contributed by atoms with Crippen molar-refractivity contribution in [2.24, 2.45) is 0 Å². The lowest BCUT2D eigenvalue weighted by molar-refractivity contribution is 0.212. The molecule has 0 bridgehead atoms. The van der Waals surface area contributed by atoms with Crippen LogP contribution in [0.4, 0.5) is 5.82 Å². The molecule has 5 nitrogen and oxygen atoms in total. The molecule has 164 valence electrons. The van der Waals surface area contributed by atoms with Gasteiger partial charge in [-0.1, -0.05) is 54.1 Å². The third-order valence-corrected chi connectivity index (χ3v) is 6.73. The SMILES string of the molecule is Clc1ccc(C(c2ccccc2)N2CCN(c3nc4cccnc4n4cccc34)CC2)cc1. The number of benzene rings is 2. The Morgan fingerprint density at radius 3 is 2.30 bits per heavy atom. The zero-order chi connectivity index (χ0) is 22.2. The number of rotatable bonds is 4. The van der Waals surface area contributed by atoms with E-state index in [1.54, 1.807) is 0 Å². The smallest absolute Gasteiger partial charge is 0.163 e. The first-order valence-corrected chi connectivity index (χ1v) is 11.7. The van der Waals surface area contributed by atoms with E-state index in [0.717, 1.165) is 53.7 Å². The molecule has 0 N–H and O–H groups in total. The normalized spacial score (nSPS) is 15.8. The number of piperazine rings is 1. The first-order chi connectivity index (χ1) is 16.3. The molecule has 5 aromatic rings. The summed E-state index contributed by atoms with van der Waals surface area (Å²) in [6, 6.07) is 27.4. The van der Waals surface area contributed by atoms with Gasteiger partial charge in [0.1, 0.15) is 5.52 Å². The molecular formula is C27H24ClN5. The third kappa shape index (κ3) is 3.73. The van der Waals surface area contributed by atoms with Crippen LogP contribution < -0.4 is 4.90 Å². The fourth-order valence-corrected chi connectivity index (χ4v) is 5.03. The van der Waals surface area contributed by atoms with Gasteiger partial charge in [0.2, 0.25) is 0 Å². The van der Waals surface area contributed by atoms with Crippen molar-refractivity contribution in [3.63, 3.8) is 0 Å². The van der Waals surface area contributed by atoms with Gasteiger partial charge in [-0.05, 0) is 47.5 Å². The maximum Gasteiger partial charge on any atom is 0.163 e. The second-order valence-corrected chi connectivity index (χ2v) is 8.87. The summed E-state index contributed by atoms with van der Waals surface area (Å²) in [4.78, 5) is 14.5. The van der Waals surface area contributed by atoms with Crippen molar-refractivity contribution in [1.82, 2.24) is 19.3 Å². The highest BCUT2D eigenvalue weighted by Gasteiger charge is 2.28. The Balaban J connectivity index is 1.31. The number of anilines is 1. The third-order valence-electron chi connectivity index (χ3n) is 6.48. The first-order valence-electron chi connectivity index (χ1n) is 11.3. The Morgan fingerprint density at radius 2 is 1.52 bits per heavy atom. The molecule has 1 unspecified atom stereocenters. The molecule has 1 aliphatic rings. The van der Waals surface area contributed by atoms with Crippen molar-refractivity contribution in [1.29, 1.82) is 0 Å². The van der Waals surface area contributed by atoms with E-state index in [4.69, 9.17) is 16.6 Å². The van der Waals surface area contributed by atoms with E-state index in [2.05, 4.69) is 80.0 Å². The second-order valence-electron chi connectivity index (χ2n) is 8.43. The van der Waals surface area contributed by atoms with Crippen LogP contribution in [0, 0.1) is 0 Å². The average Bonchev–Trinajstić information content (AvgIpc) is 3.37. The zero-order valence-electron chi connectivity index (χ0n) is 18.2. The summed E-state index contributed by atoms with van der Waals surface area (Å²) in [5, 5.41) is 0.767. The van der Waals surface area contributed by atoms with Crippen molar-refractivity contribution in [2.45, 2.75) is 6.04 Å². The van der Waals surface area contributed by atoms with Crippen molar-refractivity contribution in [3.8, 4) is 0 Å². The van der Waals surface area contributed by atoms with Gasteiger partial charge in [0.15, 0.2) is 11.5 Å². The zero-order valence-corrected chi connectivity index (χ0v) is 18.9. The molecule has 1 fully saturated rings. The van der Waals surface area contributed by atoms with E-state index >= 15 is 0 Å². The largest absolute Gasteiger partial charge is 0.352 e. The molecule has 6 heteroatoms. The first kappa shape index (κ1) is 20.2. The molecular weight excluding hydrogens is 430 g/mol. The minimum absolute atomic E-state index is 0.202. The van der Waals surface area contributed by atoms with Gasteiger partial charge in [0, 0.05) is 43.6 Å². The van der Waals surface area contributed by atoms with Gasteiger partial charge in [0.25, 0.3) is 0 Å². The van der Waals surface area contributed by atoms with Crippen LogP contribution in [0.15, 0.2) is 91.3 Å². The lowest BCUT2D eigenvalue weighted by Crippen LogP contribution is -2.48. The van der Waals surface area contributed by atoms with Gasteiger partial charge in [0.05, 0.1) is 11.6 Å². The van der Waals surface area contributed by atoms with E-state index in [1.165, 1.54) is 11.1 Å². The Kier molecular flexibility index (Phi) is 5.21. The molecule has 33 heavy (non-hydrogen) atoms. The Bertz CT molecular complexity index is 1390. The van der Waals surface area contributed by atoms with E-state index < -0.39 is 0 Å². The van der Waals surface area contributed by atoms with Crippen molar-refractivity contribution in [2.75, 3.05) is 31.1 Å². The lowest BCUT2D eigenvalue weighted by Gasteiger charge is -2.40. The van der Waals surface area contributed by atoms with Crippen molar-refractivity contribution in [3.05, 3.63) is 107 Å². The summed E-state index contributed by atoms with van der Waals surface area (Å²) in [5.41, 5.74) is 5.49. The summed E-state index contributed by atoms with van der Waals surface area (Å²) >= 11 is 6.18. The van der Waals surface area contributed by atoms with E-state index in [9.17, 15) is 0 Å². The van der Waals surface area contributed by atoms with Crippen LogP contribution in [0.25, 0.3) is 16.7 Å². The summed E-state index contributed by atoms with van der Waals surface area (Å²) in [6.07, 6.45) is 3.89. The monoisotopic (exact) mass is 453 g/mol. The van der Waals surface area contributed by atoms with Gasteiger partial charge < -0.3 is 4.90 Å². The molecule has 1 aliphatic heterocycles. The van der Waals surface area contributed by atoms with Crippen LogP contribution in [0.5, 0.6) is 0 Å². The number of hydrogen-bond donors (Lipinski definition) is 0. The molecule has 2 aromatic carbocycles. The number of nitrogens with zero attached hydrogens (tertiary/aromatic N) is 5. The van der Waals surface area contributed by atoms with Gasteiger partial charge >= 0.3 is 0 Å². The van der Waals surface area contributed by atoms with Crippen LogP contribution in [-0.2, 0) is 0 Å². The van der Waals surface area contributed by atoms with Crippen LogP contribution in [0.2, 0.25) is 5.02 Å². The molecule has 0 amide bonds. The van der Waals surface area contributed by atoms with Crippen LogP contribution in [0.3, 0.4) is 0 Å². The molecule has 1 atom stereocenters. The molecule has 0 saturated carbocycles. The van der Waals surface area contributed by atoms with E-state index in [0.29, 0.717) is 0 Å². The number of pyridine rings is 1. The summed E-state index contributed by atoms with van der Waals surface area (Å²) in [7, 11) is 0. The number of fused-ring (bicyclic) bond motifs is 3. The summed E-state index contributed by atoms with van der Waals surface area (Å²) < 4.78 is 2.14. The quantitative estimate of drug-likeness (QED) is 0.362. The van der Waals surface area contributed by atoms with Crippen LogP contribution in [0.1, 0.15) is 17.2 Å². The van der Waals surface area contributed by atoms with Crippen molar-refractivity contribution < 1.29 is 0 Å². The van der Waals surface area contributed by atoms with Crippen LogP contribution in [-0.4, -0.2) is 45.4 Å². The highest BCUT2D eigenvalue weighted by Crippen LogP contribution is 2.32. The minimum atomic E-state index is 0.202. The molecule has 0 aliphatic carbocycles. The molecule has 0 spiro atoms. The molecule has 3 aromatic heterocycles. The predicted octanol–water partition coefficient (Wildman–Crippen LogP) is 5.45. The number of aromatic nitrogens is 3. The Morgan fingerprint density at radius 1 is 0.758 bits per heavy atom. The van der Waals surface area contributed by atoms with Gasteiger partial charge in [-0.15, -0.1) is 0 Å². The fraction of sp³-hybridized carbons (Fsp3) is 0.185. The minimum Gasteiger partial charge on any atom is -0.352 e. The second kappa shape index (κ2) is 8.50. The fourth-order valence-electron chi connectivity index (χ4n) is 4.90. The summed E-state index contributed by atoms with van der Waals surface area (Å²) in [5.74, 6) is 1.03. The van der Waals surface area contributed by atoms with E-state index in [-0.39, 0.29) is 6.04 Å². The Labute approximate surface area is 197 Å². The standard InChI is InChI=1S/C27H24ClN5/c28-22-12-10-21(11-13-22)25(20-6-2-1-3-7-20)31-16-18-32(19-17-31)27-24-9-5-15-33(24)26-23(30-27)8-4-14-29-26/h1-15,25H,16-19H2. The number of halogens is 1. The molecule has 6 rings (SSSR count). The van der Waals surface area contributed by atoms with E-state index in [1.807, 2.05) is 30.5 Å².